The fourth-order valence-electron chi connectivity index (χ4n) is 14.0. The van der Waals surface area contributed by atoms with Gasteiger partial charge in [-0.15, -0.1) is 0 Å². The second-order valence-electron chi connectivity index (χ2n) is 24.4. The lowest BCUT2D eigenvalue weighted by atomic mass is 9.97. The van der Waals surface area contributed by atoms with Crippen LogP contribution < -0.4 is 0 Å². The average molecular weight is 1250 g/mol. The van der Waals surface area contributed by atoms with Crippen LogP contribution in [-0.4, -0.2) is 24.1 Å². The predicted molar refractivity (Wildman–Crippen MR) is 399 cm³/mol. The molecule has 454 valence electrons. The van der Waals surface area contributed by atoms with Gasteiger partial charge in [-0.2, -0.15) is 10.5 Å². The molecule has 0 unspecified atom stereocenters. The van der Waals surface area contributed by atoms with Gasteiger partial charge in [-0.1, -0.05) is 231 Å². The van der Waals surface area contributed by atoms with Crippen molar-refractivity contribution in [2.24, 2.45) is 0 Å². The SMILES string of the molecule is [C-]#[N+]c1ccccc1-c1ccc(-n2c3ccc(-c4ccccc4)cc3c3cc(-c4ccccc4)ccc32)c(-c2nc(-c3cccc(-c4cccc(C#N)c4)c3)nc(-c3cc(-c4ccccc4C#N)ccc3-n3c4ccc(-c5ccccc5)cc4c4cc(-c5ccccc5)ccc43)n2)c1. The largest absolute Gasteiger partial charge is 0.308 e. The smallest absolute Gasteiger partial charge is 0.194 e. The molecule has 14 aromatic carbocycles. The molecule has 0 amide bonds. The number of benzene rings is 14. The van der Waals surface area contributed by atoms with Crippen molar-refractivity contribution in [3.63, 3.8) is 0 Å². The van der Waals surface area contributed by atoms with Gasteiger partial charge in [-0.25, -0.2) is 19.8 Å². The molecule has 0 bridgehead atoms. The van der Waals surface area contributed by atoms with E-state index < -0.39 is 0 Å². The first kappa shape index (κ1) is 58.0. The van der Waals surface area contributed by atoms with E-state index in [4.69, 9.17) is 21.5 Å². The Bertz CT molecular complexity index is 5630. The summed E-state index contributed by atoms with van der Waals surface area (Å²) in [4.78, 5) is 21.2. The summed E-state index contributed by atoms with van der Waals surface area (Å²) in [6.45, 7) is 8.43. The molecule has 0 radical (unpaired) electrons. The van der Waals surface area contributed by atoms with E-state index in [0.717, 1.165) is 138 Å². The number of hydrogen-bond acceptors (Lipinski definition) is 5. The van der Waals surface area contributed by atoms with Crippen molar-refractivity contribution in [3.05, 3.63) is 350 Å². The van der Waals surface area contributed by atoms with Gasteiger partial charge in [-0.05, 0) is 175 Å². The van der Waals surface area contributed by atoms with Gasteiger partial charge in [0.25, 0.3) is 0 Å². The van der Waals surface area contributed by atoms with E-state index in [0.29, 0.717) is 45.4 Å². The van der Waals surface area contributed by atoms with Gasteiger partial charge >= 0.3 is 0 Å². The van der Waals surface area contributed by atoms with Gasteiger partial charge in [-0.3, -0.25) is 0 Å². The van der Waals surface area contributed by atoms with Crippen LogP contribution in [0.15, 0.2) is 328 Å². The first-order valence-electron chi connectivity index (χ1n) is 32.4. The standard InChI is InChI=1S/C90H54N8/c1-93-81-35-17-16-34-74(81)70-41-47-87(98-84-44-38-67(61-25-10-4-11-26-61)52-77(84)78-53-68(39-45-85(78)98)62-27-12-5-13-28-62)80(55-70)90-95-88(71-32-19-31-64(49-71)63-30-18-20-58(48-63)56-91)94-89(96-90)79-54-69(73-33-15-14-29-72(73)57-92)40-46-86(79)97-82-42-36-65(59-21-6-2-7-22-59)50-75(82)76-51-66(37-43-83(76)97)60-23-8-3-9-24-60/h2-55H. The summed E-state index contributed by atoms with van der Waals surface area (Å²) in [5, 5.41) is 25.1. The molecule has 98 heavy (non-hydrogen) atoms. The normalized spacial score (nSPS) is 11.2. The fraction of sp³-hybridized carbons (Fsp3) is 0. The van der Waals surface area contributed by atoms with Crippen LogP contribution in [0.5, 0.6) is 0 Å². The van der Waals surface area contributed by atoms with Gasteiger partial charge in [0, 0.05) is 38.2 Å². The topological polar surface area (TPSA) is 100 Å². The summed E-state index contributed by atoms with van der Waals surface area (Å²) in [6, 6.07) is 118. The van der Waals surface area contributed by atoms with E-state index in [1.807, 2.05) is 115 Å². The van der Waals surface area contributed by atoms with Crippen molar-refractivity contribution in [1.29, 1.82) is 10.5 Å². The van der Waals surface area contributed by atoms with Crippen LogP contribution in [0, 0.1) is 29.2 Å². The predicted octanol–water partition coefficient (Wildman–Crippen LogP) is 23.0. The molecule has 3 aromatic heterocycles. The van der Waals surface area contributed by atoms with E-state index in [1.165, 1.54) is 0 Å². The van der Waals surface area contributed by atoms with E-state index in [-0.39, 0.29) is 0 Å². The van der Waals surface area contributed by atoms with Crippen LogP contribution in [0.4, 0.5) is 5.69 Å². The molecule has 0 spiro atoms. The number of nitrogens with zero attached hydrogens (tertiary/aromatic N) is 8. The molecule has 0 fully saturated rings. The van der Waals surface area contributed by atoms with Crippen LogP contribution in [-0.2, 0) is 0 Å². The summed E-state index contributed by atoms with van der Waals surface area (Å²) in [5.74, 6) is 1.16. The molecular formula is C90H54N8. The number of hydrogen-bond donors (Lipinski definition) is 0. The molecule has 8 nitrogen and oxygen atoms in total. The number of para-hydroxylation sites is 1. The third-order valence-electron chi connectivity index (χ3n) is 18.7. The van der Waals surface area contributed by atoms with Crippen molar-refractivity contribution in [3.8, 4) is 136 Å². The van der Waals surface area contributed by atoms with E-state index >= 15 is 0 Å². The van der Waals surface area contributed by atoms with Crippen molar-refractivity contribution in [1.82, 2.24) is 24.1 Å². The van der Waals surface area contributed by atoms with Gasteiger partial charge in [0.2, 0.25) is 0 Å². The molecule has 0 saturated carbocycles. The van der Waals surface area contributed by atoms with Crippen molar-refractivity contribution in [2.45, 2.75) is 0 Å². The summed E-state index contributed by atoms with van der Waals surface area (Å²) in [7, 11) is 0. The van der Waals surface area contributed by atoms with Crippen LogP contribution in [0.3, 0.4) is 0 Å². The molecule has 3 heterocycles. The van der Waals surface area contributed by atoms with Crippen molar-refractivity contribution >= 4 is 49.3 Å². The van der Waals surface area contributed by atoms with Crippen molar-refractivity contribution < 1.29 is 0 Å². The molecule has 8 heteroatoms. The molecular weight excluding hydrogens is 1190 g/mol. The zero-order chi connectivity index (χ0) is 65.6. The molecule has 17 rings (SSSR count). The minimum Gasteiger partial charge on any atom is -0.308 e. The maximum atomic E-state index is 10.8. The maximum Gasteiger partial charge on any atom is 0.194 e. The lowest BCUT2D eigenvalue weighted by Gasteiger charge is -2.19. The van der Waals surface area contributed by atoms with E-state index in [1.54, 1.807) is 0 Å². The van der Waals surface area contributed by atoms with Crippen LogP contribution >= 0.6 is 0 Å². The molecule has 0 aliphatic heterocycles. The fourth-order valence-corrected chi connectivity index (χ4v) is 14.0. The first-order valence-corrected chi connectivity index (χ1v) is 32.4. The van der Waals surface area contributed by atoms with Crippen LogP contribution in [0.25, 0.3) is 172 Å². The highest BCUT2D eigenvalue weighted by Gasteiger charge is 2.26. The quantitative estimate of drug-likeness (QED) is 0.113. The third-order valence-corrected chi connectivity index (χ3v) is 18.7. The monoisotopic (exact) mass is 1250 g/mol. The number of fused-ring (bicyclic) bond motifs is 6. The first-order chi connectivity index (χ1) is 48.4. The van der Waals surface area contributed by atoms with Crippen LogP contribution in [0.2, 0.25) is 0 Å². The Hall–Kier alpha value is -13.8. The molecule has 0 aliphatic carbocycles. The third kappa shape index (κ3) is 10.4. The Labute approximate surface area is 566 Å². The average Bonchev–Trinajstić information content (AvgIpc) is 1.56. The molecule has 0 atom stereocenters. The minimum atomic E-state index is 0.380. The van der Waals surface area contributed by atoms with Crippen molar-refractivity contribution in [2.75, 3.05) is 0 Å². The van der Waals surface area contributed by atoms with Gasteiger partial charge in [0.05, 0.1) is 63.3 Å². The highest BCUT2D eigenvalue weighted by molar-refractivity contribution is 6.14. The second-order valence-corrected chi connectivity index (χ2v) is 24.4. The van der Waals surface area contributed by atoms with Gasteiger partial charge < -0.3 is 9.13 Å². The summed E-state index contributed by atoms with van der Waals surface area (Å²) in [5.41, 5.74) is 22.9. The highest BCUT2D eigenvalue weighted by Crippen LogP contribution is 2.45. The number of aromatic nitrogens is 5. The van der Waals surface area contributed by atoms with Gasteiger partial charge in [0.1, 0.15) is 0 Å². The molecule has 17 aromatic rings. The Balaban J connectivity index is 0.979. The lowest BCUT2D eigenvalue weighted by molar-refractivity contribution is 1.06. The van der Waals surface area contributed by atoms with Crippen LogP contribution in [0.1, 0.15) is 11.1 Å². The Morgan fingerprint density at radius 1 is 0.265 bits per heavy atom. The minimum absolute atomic E-state index is 0.380. The number of rotatable bonds is 12. The molecule has 0 aliphatic rings. The molecule has 0 saturated heterocycles. The Kier molecular flexibility index (Phi) is 14.5. The zero-order valence-electron chi connectivity index (χ0n) is 52.8. The Morgan fingerprint density at radius 2 is 0.622 bits per heavy atom. The maximum absolute atomic E-state index is 10.8. The lowest BCUT2D eigenvalue weighted by Crippen LogP contribution is -2.06. The second kappa shape index (κ2) is 24.6. The highest BCUT2D eigenvalue weighted by atomic mass is 15.1. The summed E-state index contributed by atoms with van der Waals surface area (Å²) < 4.78 is 4.66. The van der Waals surface area contributed by atoms with E-state index in [9.17, 15) is 10.5 Å². The summed E-state index contributed by atoms with van der Waals surface area (Å²) >= 11 is 0. The van der Waals surface area contributed by atoms with Gasteiger partial charge in [0.15, 0.2) is 23.2 Å². The van der Waals surface area contributed by atoms with E-state index in [2.05, 4.69) is 238 Å². The number of nitriles is 2. The molecule has 0 N–H and O–H groups in total. The Morgan fingerprint density at radius 3 is 1.07 bits per heavy atom. The summed E-state index contributed by atoms with van der Waals surface area (Å²) in [6.07, 6.45) is 0. The zero-order valence-corrected chi connectivity index (χ0v) is 52.8.